The number of β-amino-alcohol motifs (C(OH)–C–C–N with tert-alkyl or cyclic N) is 1. The zero-order valence-corrected chi connectivity index (χ0v) is 19.8. The summed E-state index contributed by atoms with van der Waals surface area (Å²) in [5.41, 5.74) is 0.988. The molecular weight excluding hydrogens is 424 g/mol. The number of nitrogens with zero attached hydrogens (tertiary/aromatic N) is 6. The molecule has 2 unspecified atom stereocenters. The van der Waals surface area contributed by atoms with Gasteiger partial charge in [-0.15, -0.1) is 0 Å². The summed E-state index contributed by atoms with van der Waals surface area (Å²) in [4.78, 5) is 37.1. The van der Waals surface area contributed by atoms with Gasteiger partial charge in [0, 0.05) is 27.2 Å². The van der Waals surface area contributed by atoms with Crippen LogP contribution in [0.4, 0.5) is 4.79 Å². The normalized spacial score (nSPS) is 22.6. The van der Waals surface area contributed by atoms with E-state index in [1.165, 1.54) is 11.9 Å². The number of aryl methyl sites for hydroxylation is 1. The van der Waals surface area contributed by atoms with Crippen molar-refractivity contribution in [1.82, 2.24) is 19.6 Å². The fourth-order valence-electron chi connectivity index (χ4n) is 4.47. The molecule has 1 aromatic carbocycles. The van der Waals surface area contributed by atoms with Crippen molar-refractivity contribution in [2.45, 2.75) is 26.0 Å². The first-order valence-electron chi connectivity index (χ1n) is 11.4. The first kappa shape index (κ1) is 23.2. The summed E-state index contributed by atoms with van der Waals surface area (Å²) < 4.78 is 7.97. The first-order valence-corrected chi connectivity index (χ1v) is 11.4. The smallest absolute Gasteiger partial charge is 0.392 e. The molecule has 0 radical (unpaired) electrons. The molecule has 0 bridgehead atoms. The summed E-state index contributed by atoms with van der Waals surface area (Å²) in [6.07, 6.45) is -0.855. The summed E-state index contributed by atoms with van der Waals surface area (Å²) >= 11 is 0. The van der Waals surface area contributed by atoms with Gasteiger partial charge in [-0.25, -0.2) is 9.69 Å². The van der Waals surface area contributed by atoms with Crippen molar-refractivity contribution < 1.29 is 24.0 Å². The summed E-state index contributed by atoms with van der Waals surface area (Å²) in [5, 5.41) is 10.9. The van der Waals surface area contributed by atoms with Gasteiger partial charge in [-0.3, -0.25) is 24.1 Å². The number of para-hydroxylation sites is 1. The van der Waals surface area contributed by atoms with E-state index in [0.29, 0.717) is 17.5 Å². The number of likely N-dealkylation sites (N-methyl/N-ethyl adjacent to an activating group) is 3. The lowest BCUT2D eigenvalue weighted by Gasteiger charge is -2.34. The molecule has 2 fully saturated rings. The fourth-order valence-corrected chi connectivity index (χ4v) is 4.47. The second-order valence-corrected chi connectivity index (χ2v) is 8.72. The lowest BCUT2D eigenvalue weighted by Crippen LogP contribution is -2.63. The highest BCUT2D eigenvalue weighted by molar-refractivity contribution is 6.25. The SMILES string of the molecule is CCN1CC[N+](=C2N=C3C(C(=O)N(C)C(=O)N3C)N2CC(O)COc2ccccc2C)CC1. The van der Waals surface area contributed by atoms with Crippen molar-refractivity contribution >= 4 is 23.7 Å². The van der Waals surface area contributed by atoms with Crippen LogP contribution in [0, 0.1) is 6.92 Å². The van der Waals surface area contributed by atoms with Crippen LogP contribution in [-0.2, 0) is 4.79 Å². The maximum absolute atomic E-state index is 13.1. The number of guanidine groups is 1. The molecule has 3 aliphatic heterocycles. The minimum Gasteiger partial charge on any atom is -0.490 e. The number of rotatable bonds is 6. The Balaban J connectivity index is 1.58. The molecule has 2 atom stereocenters. The number of amides is 3. The number of imide groups is 1. The number of aliphatic hydroxyl groups is 1. The Bertz CT molecular complexity index is 983. The van der Waals surface area contributed by atoms with Crippen LogP contribution in [0.25, 0.3) is 0 Å². The van der Waals surface area contributed by atoms with E-state index in [1.807, 2.05) is 36.1 Å². The molecular formula is C23H33N6O4+. The van der Waals surface area contributed by atoms with Crippen LogP contribution in [-0.4, -0.2) is 125 Å². The number of urea groups is 1. The number of hydrogen-bond acceptors (Lipinski definition) is 5. The van der Waals surface area contributed by atoms with Gasteiger partial charge in [0.2, 0.25) is 11.9 Å². The van der Waals surface area contributed by atoms with Gasteiger partial charge in [0.1, 0.15) is 18.5 Å². The predicted molar refractivity (Wildman–Crippen MR) is 124 cm³/mol. The third-order valence-electron chi connectivity index (χ3n) is 6.54. The molecule has 1 N–H and O–H groups in total. The molecule has 33 heavy (non-hydrogen) atoms. The second-order valence-electron chi connectivity index (χ2n) is 8.72. The number of carbonyl (C=O) groups is 2. The topological polar surface area (TPSA) is 91.9 Å². The summed E-state index contributed by atoms with van der Waals surface area (Å²) in [6.45, 7) is 8.64. The van der Waals surface area contributed by atoms with Gasteiger partial charge in [0.25, 0.3) is 5.91 Å². The van der Waals surface area contributed by atoms with Gasteiger partial charge in [-0.05, 0) is 25.1 Å². The number of carbonyl (C=O) groups excluding carboxylic acids is 2. The van der Waals surface area contributed by atoms with Gasteiger partial charge in [-0.1, -0.05) is 30.1 Å². The van der Waals surface area contributed by atoms with E-state index in [4.69, 9.17) is 9.73 Å². The molecule has 2 saturated heterocycles. The van der Waals surface area contributed by atoms with Crippen molar-refractivity contribution in [2.75, 3.05) is 60.0 Å². The van der Waals surface area contributed by atoms with Crippen molar-refractivity contribution in [3.63, 3.8) is 0 Å². The van der Waals surface area contributed by atoms with E-state index < -0.39 is 18.2 Å². The van der Waals surface area contributed by atoms with E-state index in [2.05, 4.69) is 16.4 Å². The summed E-state index contributed by atoms with van der Waals surface area (Å²) in [6, 6.07) is 6.49. The van der Waals surface area contributed by atoms with Crippen LogP contribution >= 0.6 is 0 Å². The predicted octanol–water partition coefficient (Wildman–Crippen LogP) is 0.0452. The van der Waals surface area contributed by atoms with Crippen molar-refractivity contribution in [3.8, 4) is 5.75 Å². The average molecular weight is 458 g/mol. The molecule has 3 amide bonds. The lowest BCUT2D eigenvalue weighted by atomic mass is 10.1. The van der Waals surface area contributed by atoms with E-state index >= 15 is 0 Å². The Morgan fingerprint density at radius 3 is 2.55 bits per heavy atom. The number of piperazine rings is 1. The maximum Gasteiger partial charge on any atom is 0.392 e. The Kier molecular flexibility index (Phi) is 6.66. The summed E-state index contributed by atoms with van der Waals surface area (Å²) in [5.74, 6) is 1.41. The van der Waals surface area contributed by atoms with E-state index in [0.717, 1.165) is 43.2 Å². The largest absolute Gasteiger partial charge is 0.490 e. The number of aliphatic imine (C=N–C) groups is 1. The van der Waals surface area contributed by atoms with Crippen molar-refractivity contribution in [3.05, 3.63) is 29.8 Å². The summed E-state index contributed by atoms with van der Waals surface area (Å²) in [7, 11) is 3.11. The van der Waals surface area contributed by atoms with E-state index in [1.54, 1.807) is 7.05 Å². The molecule has 178 valence electrons. The third-order valence-corrected chi connectivity index (χ3v) is 6.54. The molecule has 3 aliphatic rings. The highest BCUT2D eigenvalue weighted by Crippen LogP contribution is 2.24. The number of amidine groups is 1. The lowest BCUT2D eigenvalue weighted by molar-refractivity contribution is -0.544. The number of fused-ring (bicyclic) bond motifs is 1. The van der Waals surface area contributed by atoms with Gasteiger partial charge in [0.05, 0.1) is 19.6 Å². The number of ether oxygens (including phenoxy) is 1. The minimum atomic E-state index is -0.855. The van der Waals surface area contributed by atoms with Crippen LogP contribution in [0.1, 0.15) is 12.5 Å². The molecule has 0 saturated carbocycles. The third kappa shape index (κ3) is 4.45. The maximum atomic E-state index is 13.1. The van der Waals surface area contributed by atoms with Crippen molar-refractivity contribution in [2.24, 2.45) is 4.99 Å². The number of aliphatic hydroxyl groups excluding tert-OH is 1. The molecule has 0 aromatic heterocycles. The quantitative estimate of drug-likeness (QED) is 0.607. The highest BCUT2D eigenvalue weighted by atomic mass is 16.5. The molecule has 4 rings (SSSR count). The molecule has 0 aliphatic carbocycles. The van der Waals surface area contributed by atoms with E-state index in [9.17, 15) is 14.7 Å². The standard InChI is InChI=1S/C23H33N6O4/c1-5-27-10-12-28(13-11-27)22-24-20-19(21(31)26(4)23(32)25(20)3)29(22)14-17(30)15-33-18-9-7-6-8-16(18)2/h6-9,17,19,30H,5,10-15H2,1-4H3/q+1. The van der Waals surface area contributed by atoms with Gasteiger partial charge >= 0.3 is 12.0 Å². The van der Waals surface area contributed by atoms with Crippen LogP contribution < -0.4 is 4.74 Å². The average Bonchev–Trinajstić information content (AvgIpc) is 3.20. The number of hydrogen-bond donors (Lipinski definition) is 1. The molecule has 3 heterocycles. The monoisotopic (exact) mass is 457 g/mol. The first-order chi connectivity index (χ1) is 15.8. The van der Waals surface area contributed by atoms with Gasteiger partial charge in [0.15, 0.2) is 0 Å². The highest BCUT2D eigenvalue weighted by Gasteiger charge is 2.55. The molecule has 1 aromatic rings. The molecule has 10 nitrogen and oxygen atoms in total. The molecule has 0 spiro atoms. The van der Waals surface area contributed by atoms with Crippen molar-refractivity contribution in [1.29, 1.82) is 0 Å². The van der Waals surface area contributed by atoms with Crippen LogP contribution in [0.2, 0.25) is 0 Å². The minimum absolute atomic E-state index is 0.0824. The zero-order chi connectivity index (χ0) is 23.7. The Labute approximate surface area is 194 Å². The van der Waals surface area contributed by atoms with Gasteiger partial charge in [-0.2, -0.15) is 0 Å². The van der Waals surface area contributed by atoms with Crippen LogP contribution in [0.15, 0.2) is 29.3 Å². The van der Waals surface area contributed by atoms with Gasteiger partial charge < -0.3 is 9.84 Å². The fraction of sp³-hybridized carbons (Fsp3) is 0.565. The van der Waals surface area contributed by atoms with E-state index in [-0.39, 0.29) is 19.1 Å². The second kappa shape index (κ2) is 9.48. The Morgan fingerprint density at radius 2 is 1.88 bits per heavy atom. The number of benzene rings is 1. The Morgan fingerprint density at radius 1 is 1.18 bits per heavy atom. The van der Waals surface area contributed by atoms with Crippen LogP contribution in [0.3, 0.4) is 0 Å². The van der Waals surface area contributed by atoms with Crippen LogP contribution in [0.5, 0.6) is 5.75 Å². The zero-order valence-electron chi connectivity index (χ0n) is 19.8. The Hall–Kier alpha value is -2.98. The molecule has 10 heteroatoms.